The van der Waals surface area contributed by atoms with Gasteiger partial charge in [0.05, 0.1) is 5.39 Å². The Bertz CT molecular complexity index is 1290. The predicted molar refractivity (Wildman–Crippen MR) is 98.5 cm³/mol. The average Bonchev–Trinajstić information content (AvgIpc) is 3.17. The highest BCUT2D eigenvalue weighted by Gasteiger charge is 2.19. The Labute approximate surface area is 136 Å². The van der Waals surface area contributed by atoms with Crippen LogP contribution in [0.2, 0.25) is 0 Å². The molecule has 0 atom stereocenters. The van der Waals surface area contributed by atoms with Crippen molar-refractivity contribution in [3.05, 3.63) is 72.8 Å². The lowest BCUT2D eigenvalue weighted by Crippen LogP contribution is -1.76. The van der Waals surface area contributed by atoms with Gasteiger partial charge in [-0.3, -0.25) is 0 Å². The second-order valence-corrected chi connectivity index (χ2v) is 6.19. The molecule has 0 unspecified atom stereocenters. The Balaban J connectivity index is 2.00. The van der Waals surface area contributed by atoms with Gasteiger partial charge < -0.3 is 8.83 Å². The quantitative estimate of drug-likeness (QED) is 0.314. The highest BCUT2D eigenvalue weighted by atomic mass is 16.5. The molecule has 4 aromatic carbocycles. The summed E-state index contributed by atoms with van der Waals surface area (Å²) in [6.07, 6.45) is 0. The van der Waals surface area contributed by atoms with E-state index in [4.69, 9.17) is 8.83 Å². The van der Waals surface area contributed by atoms with Crippen LogP contribution in [0.3, 0.4) is 0 Å². The van der Waals surface area contributed by atoms with Crippen LogP contribution in [0, 0.1) is 0 Å². The molecule has 2 aromatic heterocycles. The van der Waals surface area contributed by atoms with Crippen LogP contribution < -0.4 is 0 Å². The second kappa shape index (κ2) is 4.18. The van der Waals surface area contributed by atoms with Crippen molar-refractivity contribution in [2.75, 3.05) is 0 Å². The van der Waals surface area contributed by atoms with Gasteiger partial charge in [-0.15, -0.1) is 0 Å². The van der Waals surface area contributed by atoms with Gasteiger partial charge in [0.1, 0.15) is 11.2 Å². The van der Waals surface area contributed by atoms with Gasteiger partial charge in [0.2, 0.25) is 0 Å². The molecule has 0 radical (unpaired) electrons. The maximum atomic E-state index is 6.03. The fraction of sp³-hybridized carbons (Fsp3) is 0. The Morgan fingerprint density at radius 2 is 0.958 bits per heavy atom. The zero-order valence-corrected chi connectivity index (χ0v) is 12.7. The molecule has 0 saturated carbocycles. The van der Waals surface area contributed by atoms with Crippen molar-refractivity contribution in [3.8, 4) is 0 Å². The second-order valence-electron chi connectivity index (χ2n) is 6.19. The van der Waals surface area contributed by atoms with Gasteiger partial charge in [0.25, 0.3) is 5.78 Å². The van der Waals surface area contributed by atoms with E-state index in [2.05, 4.69) is 60.7 Å². The summed E-state index contributed by atoms with van der Waals surface area (Å²) < 4.78 is 12.1. The van der Waals surface area contributed by atoms with Crippen molar-refractivity contribution < 1.29 is 8.83 Å². The van der Waals surface area contributed by atoms with Crippen LogP contribution in [0.25, 0.3) is 54.6 Å². The third kappa shape index (κ3) is 1.41. The summed E-state index contributed by atoms with van der Waals surface area (Å²) >= 11 is 0. The number of furan rings is 2. The smallest absolute Gasteiger partial charge is 0.299 e. The van der Waals surface area contributed by atoms with Crippen LogP contribution in [0.4, 0.5) is 0 Å². The molecule has 0 aliphatic heterocycles. The third-order valence-corrected chi connectivity index (χ3v) is 4.89. The largest absolute Gasteiger partial charge is 0.425 e. The van der Waals surface area contributed by atoms with Gasteiger partial charge in [-0.1, -0.05) is 60.7 Å². The molecule has 0 spiro atoms. The van der Waals surface area contributed by atoms with E-state index in [9.17, 15) is 0 Å². The number of fused-ring (bicyclic) bond motifs is 9. The zero-order valence-electron chi connectivity index (χ0n) is 12.7. The van der Waals surface area contributed by atoms with E-state index in [-0.39, 0.29) is 0 Å². The Kier molecular flexibility index (Phi) is 2.12. The van der Waals surface area contributed by atoms with Crippen LogP contribution in [0.1, 0.15) is 0 Å². The summed E-state index contributed by atoms with van der Waals surface area (Å²) in [6.45, 7) is 0. The lowest BCUT2D eigenvalue weighted by Gasteiger charge is -2.01. The van der Waals surface area contributed by atoms with E-state index in [1.54, 1.807) is 0 Å². The highest BCUT2D eigenvalue weighted by molar-refractivity contribution is 6.30. The van der Waals surface area contributed by atoms with E-state index in [0.717, 1.165) is 27.3 Å². The summed E-state index contributed by atoms with van der Waals surface area (Å²) in [5.41, 5.74) is 1.74. The van der Waals surface area contributed by atoms with Crippen LogP contribution in [0.5, 0.6) is 0 Å². The van der Waals surface area contributed by atoms with Gasteiger partial charge in [0.15, 0.2) is 0 Å². The maximum absolute atomic E-state index is 6.03. The number of rotatable bonds is 0. The molecule has 24 heavy (non-hydrogen) atoms. The van der Waals surface area contributed by atoms with Gasteiger partial charge in [-0.05, 0) is 33.7 Å². The first-order valence-corrected chi connectivity index (χ1v) is 8.04. The molecule has 112 valence electrons. The summed E-state index contributed by atoms with van der Waals surface area (Å²) in [6, 6.07) is 25.1. The highest BCUT2D eigenvalue weighted by Crippen LogP contribution is 2.42. The van der Waals surface area contributed by atoms with Crippen LogP contribution in [-0.4, -0.2) is 0 Å². The van der Waals surface area contributed by atoms with E-state index in [0.29, 0.717) is 5.78 Å². The monoisotopic (exact) mass is 308 g/mol. The molecule has 2 heteroatoms. The van der Waals surface area contributed by atoms with Crippen molar-refractivity contribution in [2.45, 2.75) is 0 Å². The van der Waals surface area contributed by atoms with E-state index < -0.39 is 0 Å². The topological polar surface area (TPSA) is 26.3 Å². The molecule has 0 amide bonds. The molecule has 6 rings (SSSR count). The minimum atomic E-state index is 0.604. The Morgan fingerprint density at radius 3 is 1.50 bits per heavy atom. The van der Waals surface area contributed by atoms with Crippen LogP contribution >= 0.6 is 0 Å². The molecule has 2 heterocycles. The minimum Gasteiger partial charge on any atom is -0.425 e. The molecular formula is C22H12O2. The zero-order chi connectivity index (χ0) is 15.7. The summed E-state index contributed by atoms with van der Waals surface area (Å²) in [5, 5.41) is 8.17. The standard InChI is InChI=1S/C22H12O2/c1-3-7-15-13(5-1)9-11-17-19(15)21-20-16-8-4-2-6-14(16)10-12-18(20)24-22(21)23-17/h1-12H. The lowest BCUT2D eigenvalue weighted by atomic mass is 10.0. The molecule has 0 aliphatic carbocycles. The SMILES string of the molecule is c1ccc2c(c1)ccc1oc3oc4ccc5ccccc5c4c3c12. The number of benzene rings is 4. The van der Waals surface area contributed by atoms with Crippen molar-refractivity contribution in [3.63, 3.8) is 0 Å². The summed E-state index contributed by atoms with van der Waals surface area (Å²) in [7, 11) is 0. The molecule has 2 nitrogen and oxygen atoms in total. The molecular weight excluding hydrogens is 296 g/mol. The van der Waals surface area contributed by atoms with Gasteiger partial charge in [-0.25, -0.2) is 0 Å². The van der Waals surface area contributed by atoms with Crippen LogP contribution in [0.15, 0.2) is 81.6 Å². The normalized spacial score (nSPS) is 12.2. The van der Waals surface area contributed by atoms with Crippen LogP contribution in [-0.2, 0) is 0 Å². The maximum Gasteiger partial charge on any atom is 0.299 e. The third-order valence-electron chi connectivity index (χ3n) is 4.89. The fourth-order valence-corrected chi connectivity index (χ4v) is 3.84. The van der Waals surface area contributed by atoms with E-state index >= 15 is 0 Å². The van der Waals surface area contributed by atoms with Gasteiger partial charge >= 0.3 is 0 Å². The Morgan fingerprint density at radius 1 is 0.458 bits per heavy atom. The number of hydrogen-bond donors (Lipinski definition) is 0. The van der Waals surface area contributed by atoms with Crippen molar-refractivity contribution in [2.24, 2.45) is 0 Å². The summed E-state index contributed by atoms with van der Waals surface area (Å²) in [5.74, 6) is 0.604. The van der Waals surface area contributed by atoms with Crippen molar-refractivity contribution >= 4 is 54.6 Å². The predicted octanol–water partition coefficient (Wildman–Crippen LogP) is 6.64. The average molecular weight is 308 g/mol. The molecule has 6 aromatic rings. The lowest BCUT2D eigenvalue weighted by molar-refractivity contribution is 0.524. The van der Waals surface area contributed by atoms with E-state index in [1.807, 2.05) is 12.1 Å². The first kappa shape index (κ1) is 12.2. The Hall–Kier alpha value is -3.26. The molecule has 0 fully saturated rings. The van der Waals surface area contributed by atoms with E-state index in [1.165, 1.54) is 21.5 Å². The fourth-order valence-electron chi connectivity index (χ4n) is 3.84. The molecule has 0 N–H and O–H groups in total. The molecule has 0 bridgehead atoms. The number of hydrogen-bond acceptors (Lipinski definition) is 2. The van der Waals surface area contributed by atoms with Crippen molar-refractivity contribution in [1.82, 2.24) is 0 Å². The van der Waals surface area contributed by atoms with Crippen molar-refractivity contribution in [1.29, 1.82) is 0 Å². The van der Waals surface area contributed by atoms with Gasteiger partial charge in [-0.2, -0.15) is 0 Å². The first-order valence-electron chi connectivity index (χ1n) is 8.04. The first-order chi connectivity index (χ1) is 11.9. The summed E-state index contributed by atoms with van der Waals surface area (Å²) in [4.78, 5) is 0. The van der Waals surface area contributed by atoms with Gasteiger partial charge in [0, 0.05) is 10.8 Å². The molecule has 0 saturated heterocycles. The molecule has 0 aliphatic rings. The minimum absolute atomic E-state index is 0.604.